The average molecular weight is 466 g/mol. The van der Waals surface area contributed by atoms with Crippen molar-refractivity contribution in [2.45, 2.75) is 0 Å². The van der Waals surface area contributed by atoms with Gasteiger partial charge >= 0.3 is 0 Å². The van der Waals surface area contributed by atoms with Gasteiger partial charge in [0.1, 0.15) is 13.2 Å². The van der Waals surface area contributed by atoms with Gasteiger partial charge in [0.05, 0.1) is 22.5 Å². The van der Waals surface area contributed by atoms with Gasteiger partial charge in [0.2, 0.25) is 0 Å². The molecule has 1 aliphatic heterocycles. The van der Waals surface area contributed by atoms with Crippen LogP contribution in [0.3, 0.4) is 0 Å². The Bertz CT molecular complexity index is 1510. The molecular weight excluding hydrogens is 446 g/mol. The second kappa shape index (κ2) is 8.61. The summed E-state index contributed by atoms with van der Waals surface area (Å²) in [5, 5.41) is 6.20. The molecule has 0 spiro atoms. The maximum absolute atomic E-state index is 13.3. The number of amides is 1. The van der Waals surface area contributed by atoms with Crippen LogP contribution in [0.1, 0.15) is 10.4 Å². The van der Waals surface area contributed by atoms with Crippen molar-refractivity contribution < 1.29 is 14.3 Å². The van der Waals surface area contributed by atoms with Crippen LogP contribution in [0.25, 0.3) is 33.4 Å². The van der Waals surface area contributed by atoms with Gasteiger partial charge in [-0.1, -0.05) is 48.5 Å². The van der Waals surface area contributed by atoms with Crippen molar-refractivity contribution in [1.82, 2.24) is 9.97 Å². The molecule has 3 heterocycles. The van der Waals surface area contributed by atoms with Gasteiger partial charge < -0.3 is 9.47 Å². The number of nitrogens with one attached hydrogen (secondary N) is 1. The quantitative estimate of drug-likeness (QED) is 0.350. The highest BCUT2D eigenvalue weighted by Crippen LogP contribution is 2.35. The molecule has 0 saturated carbocycles. The van der Waals surface area contributed by atoms with Crippen molar-refractivity contribution in [3.63, 3.8) is 0 Å². The topological polar surface area (TPSA) is 73.3 Å². The van der Waals surface area contributed by atoms with E-state index in [1.165, 1.54) is 11.3 Å². The summed E-state index contributed by atoms with van der Waals surface area (Å²) in [6.45, 7) is 1.08. The van der Waals surface area contributed by atoms with Crippen LogP contribution in [0, 0.1) is 0 Å². The number of thiazole rings is 1. The predicted molar refractivity (Wildman–Crippen MR) is 134 cm³/mol. The number of hydrogen-bond donors (Lipinski definition) is 1. The highest BCUT2D eigenvalue weighted by molar-refractivity contribution is 7.14. The first kappa shape index (κ1) is 20.4. The molecule has 2 aromatic heterocycles. The molecule has 0 radical (unpaired) electrons. The third-order valence-electron chi connectivity index (χ3n) is 5.59. The van der Waals surface area contributed by atoms with Crippen LogP contribution in [0.4, 0.5) is 5.13 Å². The second-order valence-corrected chi connectivity index (χ2v) is 8.65. The Hall–Kier alpha value is -4.23. The lowest BCUT2D eigenvalue weighted by Gasteiger charge is -2.18. The number of benzene rings is 3. The van der Waals surface area contributed by atoms with E-state index in [-0.39, 0.29) is 5.91 Å². The van der Waals surface area contributed by atoms with Crippen LogP contribution < -0.4 is 14.8 Å². The number of rotatable bonds is 4. The largest absolute Gasteiger partial charge is 0.486 e. The minimum Gasteiger partial charge on any atom is -0.486 e. The number of para-hydroxylation sites is 1. The number of aromatic nitrogens is 2. The highest BCUT2D eigenvalue weighted by atomic mass is 32.1. The molecule has 0 aliphatic carbocycles. The Morgan fingerprint density at radius 1 is 0.794 bits per heavy atom. The number of pyridine rings is 1. The molecule has 0 fully saturated rings. The van der Waals surface area contributed by atoms with Crippen LogP contribution in [0.2, 0.25) is 0 Å². The number of anilines is 1. The zero-order valence-electron chi connectivity index (χ0n) is 18.0. The van der Waals surface area contributed by atoms with Gasteiger partial charge in [0, 0.05) is 21.9 Å². The molecular formula is C27H19N3O3S. The minimum absolute atomic E-state index is 0.223. The zero-order chi connectivity index (χ0) is 22.9. The van der Waals surface area contributed by atoms with E-state index in [2.05, 4.69) is 10.3 Å². The van der Waals surface area contributed by atoms with Crippen molar-refractivity contribution in [2.24, 2.45) is 0 Å². The molecule has 1 N–H and O–H groups in total. The maximum Gasteiger partial charge on any atom is 0.258 e. The number of carbonyl (C=O) groups is 1. The van der Waals surface area contributed by atoms with Crippen molar-refractivity contribution in [3.8, 4) is 34.0 Å². The van der Waals surface area contributed by atoms with Gasteiger partial charge in [-0.05, 0) is 30.3 Å². The fraction of sp³-hybridized carbons (Fsp3) is 0.0741. The molecule has 0 unspecified atom stereocenters. The lowest BCUT2D eigenvalue weighted by Crippen LogP contribution is -2.15. The van der Waals surface area contributed by atoms with Gasteiger partial charge in [0.15, 0.2) is 16.6 Å². The highest BCUT2D eigenvalue weighted by Gasteiger charge is 2.17. The average Bonchev–Trinajstić information content (AvgIpc) is 3.36. The number of nitrogens with zero attached hydrogens (tertiary/aromatic N) is 2. The maximum atomic E-state index is 13.3. The molecule has 6 rings (SSSR count). The Labute approximate surface area is 199 Å². The fourth-order valence-corrected chi connectivity index (χ4v) is 4.67. The summed E-state index contributed by atoms with van der Waals surface area (Å²) in [5.74, 6) is 1.22. The van der Waals surface area contributed by atoms with Crippen molar-refractivity contribution in [2.75, 3.05) is 18.5 Å². The summed E-state index contributed by atoms with van der Waals surface area (Å²) in [5.41, 5.74) is 4.70. The van der Waals surface area contributed by atoms with E-state index in [9.17, 15) is 4.79 Å². The van der Waals surface area contributed by atoms with E-state index in [0.29, 0.717) is 29.7 Å². The second-order valence-electron chi connectivity index (χ2n) is 7.79. The standard InChI is InChI=1S/C27H19N3O3S/c31-26(20-15-22(17-6-2-1-3-7-17)28-21-9-5-4-8-19(20)21)30-27-29-23(16-34-27)18-10-11-24-25(14-18)33-13-12-32-24/h1-11,14-16H,12-13H2,(H,29,30,31). The van der Waals surface area contributed by atoms with E-state index in [1.807, 2.05) is 84.2 Å². The van der Waals surface area contributed by atoms with E-state index >= 15 is 0 Å². The van der Waals surface area contributed by atoms with Gasteiger partial charge in [-0.25, -0.2) is 9.97 Å². The first-order chi connectivity index (χ1) is 16.7. The minimum atomic E-state index is -0.223. The molecule has 1 amide bonds. The predicted octanol–water partition coefficient (Wildman–Crippen LogP) is 6.05. The number of ether oxygens (including phenoxy) is 2. The van der Waals surface area contributed by atoms with Crippen LogP contribution in [0.5, 0.6) is 11.5 Å². The summed E-state index contributed by atoms with van der Waals surface area (Å²) in [7, 11) is 0. The lowest BCUT2D eigenvalue weighted by atomic mass is 10.0. The summed E-state index contributed by atoms with van der Waals surface area (Å²) in [6.07, 6.45) is 0. The first-order valence-corrected chi connectivity index (χ1v) is 11.7. The van der Waals surface area contributed by atoms with Crippen LogP contribution in [0.15, 0.2) is 84.2 Å². The molecule has 34 heavy (non-hydrogen) atoms. The Morgan fingerprint density at radius 3 is 2.47 bits per heavy atom. The van der Waals surface area contributed by atoms with Gasteiger partial charge in [-0.3, -0.25) is 10.1 Å². The van der Waals surface area contributed by atoms with Gasteiger partial charge in [-0.2, -0.15) is 0 Å². The molecule has 0 atom stereocenters. The zero-order valence-corrected chi connectivity index (χ0v) is 18.8. The van der Waals surface area contributed by atoms with Crippen molar-refractivity contribution in [1.29, 1.82) is 0 Å². The number of hydrogen-bond acceptors (Lipinski definition) is 6. The molecule has 3 aromatic carbocycles. The Kier molecular flexibility index (Phi) is 5.16. The van der Waals surface area contributed by atoms with Crippen LogP contribution in [-0.4, -0.2) is 29.1 Å². The first-order valence-electron chi connectivity index (χ1n) is 10.9. The molecule has 0 bridgehead atoms. The van der Waals surface area contributed by atoms with E-state index < -0.39 is 0 Å². The fourth-order valence-electron chi connectivity index (χ4n) is 3.95. The van der Waals surface area contributed by atoms with E-state index in [4.69, 9.17) is 14.5 Å². The summed E-state index contributed by atoms with van der Waals surface area (Å²) in [6, 6.07) is 25.1. The molecule has 0 saturated heterocycles. The summed E-state index contributed by atoms with van der Waals surface area (Å²) >= 11 is 1.38. The third kappa shape index (κ3) is 3.86. The summed E-state index contributed by atoms with van der Waals surface area (Å²) in [4.78, 5) is 22.7. The van der Waals surface area contributed by atoms with Gasteiger partial charge in [0.25, 0.3) is 5.91 Å². The van der Waals surface area contributed by atoms with E-state index in [1.54, 1.807) is 0 Å². The van der Waals surface area contributed by atoms with Crippen LogP contribution in [-0.2, 0) is 0 Å². The molecule has 7 heteroatoms. The van der Waals surface area contributed by atoms with Crippen LogP contribution >= 0.6 is 11.3 Å². The van der Waals surface area contributed by atoms with Gasteiger partial charge in [-0.15, -0.1) is 11.3 Å². The Morgan fingerprint density at radius 2 is 1.59 bits per heavy atom. The van der Waals surface area contributed by atoms with Crippen molar-refractivity contribution in [3.05, 3.63) is 89.8 Å². The van der Waals surface area contributed by atoms with Crippen molar-refractivity contribution >= 4 is 33.3 Å². The number of carbonyl (C=O) groups excluding carboxylic acids is 1. The molecule has 6 nitrogen and oxygen atoms in total. The summed E-state index contributed by atoms with van der Waals surface area (Å²) < 4.78 is 11.3. The SMILES string of the molecule is O=C(Nc1nc(-c2ccc3c(c2)OCCO3)cs1)c1cc(-c2ccccc2)nc2ccccc12. The number of fused-ring (bicyclic) bond motifs is 2. The smallest absolute Gasteiger partial charge is 0.258 e. The molecule has 5 aromatic rings. The third-order valence-corrected chi connectivity index (χ3v) is 6.35. The molecule has 1 aliphatic rings. The monoisotopic (exact) mass is 465 g/mol. The Balaban J connectivity index is 1.31. The normalized spacial score (nSPS) is 12.5. The van der Waals surface area contributed by atoms with E-state index in [0.717, 1.165) is 39.2 Å². The lowest BCUT2D eigenvalue weighted by molar-refractivity contribution is 0.102. The molecule has 166 valence electrons.